The number of aliphatic hydroxyl groups excluding tert-OH is 2. The molecule has 0 atom stereocenters. The van der Waals surface area contributed by atoms with Crippen LogP contribution in [0.25, 0.3) is 32.5 Å². The van der Waals surface area contributed by atoms with Crippen LogP contribution in [0.5, 0.6) is 0 Å². The van der Waals surface area contributed by atoms with Crippen molar-refractivity contribution in [1.82, 2.24) is 5.32 Å². The molecule has 0 aliphatic heterocycles. The Balaban J connectivity index is 0.000000461. The normalized spacial score (nSPS) is 12.3. The zero-order valence-corrected chi connectivity index (χ0v) is 17.6. The third-order valence-corrected chi connectivity index (χ3v) is 4.85. The van der Waals surface area contributed by atoms with Gasteiger partial charge in [0.15, 0.2) is 0 Å². The van der Waals surface area contributed by atoms with Crippen molar-refractivity contribution in [3.05, 3.63) is 60.4 Å². The van der Waals surface area contributed by atoms with Gasteiger partial charge < -0.3 is 19.9 Å². The van der Waals surface area contributed by atoms with Crippen molar-refractivity contribution in [2.75, 3.05) is 19.5 Å². The molecule has 0 bridgehead atoms. The highest BCUT2D eigenvalue weighted by Gasteiger charge is 2.22. The van der Waals surface area contributed by atoms with E-state index >= 15 is 0 Å². The summed E-state index contributed by atoms with van der Waals surface area (Å²) in [5, 5.41) is 27.8. The molecule has 0 saturated heterocycles. The van der Waals surface area contributed by atoms with Crippen LogP contribution in [0.2, 0.25) is 0 Å². The summed E-state index contributed by atoms with van der Waals surface area (Å²) in [4.78, 5) is 0. The fourth-order valence-electron chi connectivity index (χ4n) is 3.26. The Labute approximate surface area is 174 Å². The minimum Gasteiger partial charge on any atom is -0.459 e. The first-order chi connectivity index (χ1) is 14.1. The van der Waals surface area contributed by atoms with Crippen LogP contribution in [0, 0.1) is 0 Å². The Morgan fingerprint density at radius 2 is 1.33 bits per heavy atom. The highest BCUT2D eigenvalue weighted by molar-refractivity contribution is 7.85. The maximum atomic E-state index is 9.43. The van der Waals surface area contributed by atoms with Crippen LogP contribution in [-0.2, 0) is 16.7 Å². The molecule has 8 heteroatoms. The Hall–Kier alpha value is -2.49. The highest BCUT2D eigenvalue weighted by Crippen LogP contribution is 2.36. The second kappa shape index (κ2) is 8.71. The van der Waals surface area contributed by atoms with Crippen LogP contribution in [0.3, 0.4) is 0 Å². The van der Waals surface area contributed by atoms with Gasteiger partial charge in [-0.1, -0.05) is 48.5 Å². The van der Waals surface area contributed by atoms with Gasteiger partial charge >= 0.3 is 0 Å². The summed E-state index contributed by atoms with van der Waals surface area (Å²) in [7, 11) is -3.67. The number of rotatable bonds is 5. The number of furan rings is 1. The van der Waals surface area contributed by atoms with Crippen LogP contribution in [0.15, 0.2) is 59.0 Å². The highest BCUT2D eigenvalue weighted by atomic mass is 32.2. The molecule has 1 aromatic heterocycles. The molecular weight excluding hydrogens is 406 g/mol. The van der Waals surface area contributed by atoms with Gasteiger partial charge in [0.25, 0.3) is 10.1 Å². The van der Waals surface area contributed by atoms with Crippen molar-refractivity contribution in [3.8, 4) is 0 Å². The molecule has 0 aliphatic carbocycles. The predicted octanol–water partition coefficient (Wildman–Crippen LogP) is 3.08. The fourth-order valence-corrected chi connectivity index (χ4v) is 3.26. The van der Waals surface area contributed by atoms with E-state index in [1.165, 1.54) is 16.2 Å². The van der Waals surface area contributed by atoms with Gasteiger partial charge in [-0.05, 0) is 29.1 Å². The van der Waals surface area contributed by atoms with Gasteiger partial charge in [0.05, 0.1) is 31.6 Å². The maximum Gasteiger partial charge on any atom is 0.261 e. The summed E-state index contributed by atoms with van der Waals surface area (Å²) in [5.41, 5.74) is 0.143. The molecule has 4 N–H and O–H groups in total. The molecule has 0 spiro atoms. The number of hydrogen-bond donors (Lipinski definition) is 4. The Morgan fingerprint density at radius 1 is 0.900 bits per heavy atom. The molecule has 4 aromatic rings. The van der Waals surface area contributed by atoms with Crippen molar-refractivity contribution >= 4 is 42.6 Å². The van der Waals surface area contributed by atoms with E-state index in [1.807, 2.05) is 24.3 Å². The first-order valence-electron chi connectivity index (χ1n) is 9.36. The lowest BCUT2D eigenvalue weighted by atomic mass is 9.98. The summed E-state index contributed by atoms with van der Waals surface area (Å²) in [5.74, 6) is 0.782. The van der Waals surface area contributed by atoms with Crippen LogP contribution in [0.4, 0.5) is 0 Å². The van der Waals surface area contributed by atoms with Crippen molar-refractivity contribution in [3.63, 3.8) is 0 Å². The van der Waals surface area contributed by atoms with Crippen molar-refractivity contribution in [2.24, 2.45) is 0 Å². The lowest BCUT2D eigenvalue weighted by molar-refractivity contribution is 0.101. The molecule has 0 amide bonds. The first-order valence-corrected chi connectivity index (χ1v) is 11.2. The molecule has 0 aliphatic rings. The van der Waals surface area contributed by atoms with Crippen molar-refractivity contribution < 1.29 is 27.6 Å². The number of hydrogen-bond acceptors (Lipinski definition) is 6. The van der Waals surface area contributed by atoms with Gasteiger partial charge in [-0.15, -0.1) is 0 Å². The summed E-state index contributed by atoms with van der Waals surface area (Å²) in [6, 6.07) is 18.6. The third-order valence-electron chi connectivity index (χ3n) is 4.85. The molecule has 0 fully saturated rings. The second-order valence-corrected chi connectivity index (χ2v) is 8.98. The van der Waals surface area contributed by atoms with E-state index < -0.39 is 15.7 Å². The van der Waals surface area contributed by atoms with Gasteiger partial charge in [-0.3, -0.25) is 4.55 Å². The average molecular weight is 432 g/mol. The molecule has 1 heterocycles. The van der Waals surface area contributed by atoms with Crippen LogP contribution < -0.4 is 5.32 Å². The molecule has 0 radical (unpaired) electrons. The Bertz CT molecular complexity index is 1190. The van der Waals surface area contributed by atoms with Gasteiger partial charge in [-0.25, -0.2) is 0 Å². The van der Waals surface area contributed by atoms with E-state index in [0.717, 1.165) is 22.1 Å². The maximum absolute atomic E-state index is 9.43. The molecule has 160 valence electrons. The van der Waals surface area contributed by atoms with Crippen molar-refractivity contribution in [1.29, 1.82) is 0 Å². The number of fused-ring (bicyclic) bond motifs is 6. The third kappa shape index (κ3) is 4.97. The smallest absolute Gasteiger partial charge is 0.261 e. The molecule has 30 heavy (non-hydrogen) atoms. The van der Waals surface area contributed by atoms with E-state index in [2.05, 4.69) is 35.6 Å². The number of aliphatic hydroxyl groups is 2. The average Bonchev–Trinajstić information content (AvgIpc) is 3.16. The molecule has 0 saturated carbocycles. The quantitative estimate of drug-likeness (QED) is 0.283. The molecule has 4 rings (SSSR count). The van der Waals surface area contributed by atoms with Gasteiger partial charge in [0.2, 0.25) is 0 Å². The van der Waals surface area contributed by atoms with E-state index in [4.69, 9.17) is 8.97 Å². The summed E-state index contributed by atoms with van der Waals surface area (Å²) in [6.45, 7) is 1.93. The van der Waals surface area contributed by atoms with Crippen LogP contribution in [-0.4, -0.2) is 48.2 Å². The van der Waals surface area contributed by atoms with Crippen LogP contribution >= 0.6 is 0 Å². The standard InChI is InChI=1S/C21H21NO3.CH4O3S/c1-21(12-23,13-24)22-11-14-10-19-17-8-3-2-6-15(17)16-7-4-5-9-18(16)20(19)25-14;1-5(2,3)4/h2-10,22-24H,11-13H2,1H3;1H3,(H,2,3,4). The second-order valence-electron chi connectivity index (χ2n) is 7.51. The fraction of sp³-hybridized carbons (Fsp3) is 0.273. The zero-order valence-electron chi connectivity index (χ0n) is 16.8. The molecule has 0 unspecified atom stereocenters. The summed E-state index contributed by atoms with van der Waals surface area (Å²) < 4.78 is 32.0. The van der Waals surface area contributed by atoms with E-state index in [9.17, 15) is 18.6 Å². The lowest BCUT2D eigenvalue weighted by Gasteiger charge is -2.25. The first kappa shape index (κ1) is 22.2. The topological polar surface area (TPSA) is 120 Å². The predicted molar refractivity (Wildman–Crippen MR) is 118 cm³/mol. The van der Waals surface area contributed by atoms with Gasteiger partial charge in [-0.2, -0.15) is 8.42 Å². The summed E-state index contributed by atoms with van der Waals surface area (Å²) >= 11 is 0. The Morgan fingerprint density at radius 3 is 1.83 bits per heavy atom. The van der Waals surface area contributed by atoms with Crippen LogP contribution in [0.1, 0.15) is 12.7 Å². The lowest BCUT2D eigenvalue weighted by Crippen LogP contribution is -2.48. The monoisotopic (exact) mass is 431 g/mol. The van der Waals surface area contributed by atoms with E-state index in [0.29, 0.717) is 12.8 Å². The molecule has 3 aromatic carbocycles. The van der Waals surface area contributed by atoms with E-state index in [1.54, 1.807) is 6.92 Å². The van der Waals surface area contributed by atoms with E-state index in [-0.39, 0.29) is 13.2 Å². The number of benzene rings is 3. The molecular formula is C22H25NO6S. The summed E-state index contributed by atoms with van der Waals surface area (Å²) in [6.07, 6.45) is 0.715. The Kier molecular flexibility index (Phi) is 6.44. The minimum atomic E-state index is -3.67. The zero-order chi connectivity index (χ0) is 21.9. The van der Waals surface area contributed by atoms with Gasteiger partial charge in [0, 0.05) is 10.8 Å². The molecule has 7 nitrogen and oxygen atoms in total. The van der Waals surface area contributed by atoms with Gasteiger partial charge in [0.1, 0.15) is 11.3 Å². The van der Waals surface area contributed by atoms with Crippen molar-refractivity contribution in [2.45, 2.75) is 19.0 Å². The largest absolute Gasteiger partial charge is 0.459 e. The minimum absolute atomic E-state index is 0.143. The SMILES string of the molecule is CC(CO)(CO)NCc1cc2c3ccccc3c3ccccc3c2o1.CS(=O)(=O)O. The number of nitrogens with one attached hydrogen (secondary N) is 1.